The van der Waals surface area contributed by atoms with Gasteiger partial charge >= 0.3 is 5.97 Å². The zero-order chi connectivity index (χ0) is 13.7. The van der Waals surface area contributed by atoms with Crippen molar-refractivity contribution in [2.45, 2.75) is 13.0 Å². The van der Waals surface area contributed by atoms with Crippen LogP contribution in [0.15, 0.2) is 18.3 Å². The van der Waals surface area contributed by atoms with Crippen molar-refractivity contribution >= 4 is 11.8 Å². The molecule has 1 saturated heterocycles. The molecular formula is C13H19N3O3. The normalized spacial score (nSPS) is 19.3. The van der Waals surface area contributed by atoms with Crippen LogP contribution in [0, 0.1) is 0 Å². The highest BCUT2D eigenvalue weighted by molar-refractivity contribution is 5.89. The quantitative estimate of drug-likeness (QED) is 0.795. The molecule has 2 rings (SSSR count). The molecule has 1 atom stereocenters. The second-order valence-corrected chi connectivity index (χ2v) is 4.30. The van der Waals surface area contributed by atoms with E-state index in [0.29, 0.717) is 25.3 Å². The van der Waals surface area contributed by atoms with Crippen LogP contribution in [0.4, 0.5) is 5.82 Å². The largest absolute Gasteiger partial charge is 0.462 e. The van der Waals surface area contributed by atoms with E-state index in [2.05, 4.69) is 9.88 Å². The zero-order valence-corrected chi connectivity index (χ0v) is 11.0. The van der Waals surface area contributed by atoms with E-state index in [1.807, 2.05) is 6.07 Å². The SMILES string of the molecule is CCOC(=O)c1ccc(N2CCOC(CN)C2)nc1. The Labute approximate surface area is 112 Å². The minimum atomic E-state index is -0.344. The summed E-state index contributed by atoms with van der Waals surface area (Å²) in [5.74, 6) is 0.484. The van der Waals surface area contributed by atoms with Crippen molar-refractivity contribution in [2.24, 2.45) is 5.73 Å². The van der Waals surface area contributed by atoms with Gasteiger partial charge in [0, 0.05) is 25.8 Å². The summed E-state index contributed by atoms with van der Waals surface area (Å²) in [7, 11) is 0. The van der Waals surface area contributed by atoms with Crippen LogP contribution in [0.3, 0.4) is 0 Å². The smallest absolute Gasteiger partial charge is 0.339 e. The number of morpholine rings is 1. The van der Waals surface area contributed by atoms with Crippen LogP contribution in [0.1, 0.15) is 17.3 Å². The van der Waals surface area contributed by atoms with Crippen molar-refractivity contribution in [2.75, 3.05) is 37.7 Å². The highest BCUT2D eigenvalue weighted by atomic mass is 16.5. The summed E-state index contributed by atoms with van der Waals surface area (Å²) in [6.45, 7) is 4.79. The molecule has 104 valence electrons. The Bertz CT molecular complexity index is 422. The summed E-state index contributed by atoms with van der Waals surface area (Å²) in [6, 6.07) is 3.55. The highest BCUT2D eigenvalue weighted by Crippen LogP contribution is 2.15. The Balaban J connectivity index is 2.03. The second kappa shape index (κ2) is 6.49. The maximum absolute atomic E-state index is 11.5. The molecule has 6 heteroatoms. The molecule has 1 aromatic rings. The fraction of sp³-hybridized carbons (Fsp3) is 0.538. The fourth-order valence-electron chi connectivity index (χ4n) is 1.98. The Morgan fingerprint density at radius 2 is 2.47 bits per heavy atom. The van der Waals surface area contributed by atoms with Gasteiger partial charge in [-0.05, 0) is 19.1 Å². The van der Waals surface area contributed by atoms with Gasteiger partial charge in [-0.1, -0.05) is 0 Å². The molecule has 1 unspecified atom stereocenters. The van der Waals surface area contributed by atoms with Crippen LogP contribution in [0.5, 0.6) is 0 Å². The van der Waals surface area contributed by atoms with Gasteiger partial charge in [-0.15, -0.1) is 0 Å². The molecule has 2 heterocycles. The molecule has 0 aliphatic carbocycles. The third kappa shape index (κ3) is 3.42. The van der Waals surface area contributed by atoms with Gasteiger partial charge < -0.3 is 20.1 Å². The lowest BCUT2D eigenvalue weighted by atomic mass is 10.2. The van der Waals surface area contributed by atoms with Crippen LogP contribution in [0.2, 0.25) is 0 Å². The third-order valence-electron chi connectivity index (χ3n) is 2.98. The maximum Gasteiger partial charge on any atom is 0.339 e. The number of ether oxygens (including phenoxy) is 2. The minimum absolute atomic E-state index is 0.0419. The van der Waals surface area contributed by atoms with E-state index in [1.165, 1.54) is 0 Å². The van der Waals surface area contributed by atoms with E-state index in [9.17, 15) is 4.79 Å². The minimum Gasteiger partial charge on any atom is -0.462 e. The molecule has 0 radical (unpaired) electrons. The van der Waals surface area contributed by atoms with Gasteiger partial charge in [-0.3, -0.25) is 0 Å². The van der Waals surface area contributed by atoms with Gasteiger partial charge in [-0.25, -0.2) is 9.78 Å². The Morgan fingerprint density at radius 3 is 3.11 bits per heavy atom. The number of esters is 1. The summed E-state index contributed by atoms with van der Waals surface area (Å²) < 4.78 is 10.4. The summed E-state index contributed by atoms with van der Waals surface area (Å²) in [5.41, 5.74) is 6.07. The van der Waals surface area contributed by atoms with Crippen LogP contribution in [-0.4, -0.2) is 49.9 Å². The molecule has 6 nitrogen and oxygen atoms in total. The first-order chi connectivity index (χ1) is 9.24. The average Bonchev–Trinajstić information content (AvgIpc) is 2.48. The topological polar surface area (TPSA) is 77.7 Å². The molecule has 2 N–H and O–H groups in total. The maximum atomic E-state index is 11.5. The Hall–Kier alpha value is -1.66. The molecule has 1 aliphatic heterocycles. The first kappa shape index (κ1) is 13.8. The van der Waals surface area contributed by atoms with Crippen molar-refractivity contribution in [3.05, 3.63) is 23.9 Å². The number of hydrogen-bond acceptors (Lipinski definition) is 6. The molecule has 0 aromatic carbocycles. The van der Waals surface area contributed by atoms with Gasteiger partial charge in [0.1, 0.15) is 5.82 Å². The third-order valence-corrected chi connectivity index (χ3v) is 2.98. The number of aromatic nitrogens is 1. The van der Waals surface area contributed by atoms with Gasteiger partial charge in [-0.2, -0.15) is 0 Å². The molecule has 0 bridgehead atoms. The van der Waals surface area contributed by atoms with E-state index in [1.54, 1.807) is 19.2 Å². The lowest BCUT2D eigenvalue weighted by Gasteiger charge is -2.33. The molecular weight excluding hydrogens is 246 g/mol. The standard InChI is InChI=1S/C13H19N3O3/c1-2-18-13(17)10-3-4-12(15-8-10)16-5-6-19-11(7-14)9-16/h3-4,8,11H,2,5-7,9,14H2,1H3. The number of nitrogens with zero attached hydrogens (tertiary/aromatic N) is 2. The molecule has 0 saturated carbocycles. The average molecular weight is 265 g/mol. The van der Waals surface area contributed by atoms with Crippen LogP contribution in [0.25, 0.3) is 0 Å². The summed E-state index contributed by atoms with van der Waals surface area (Å²) >= 11 is 0. The first-order valence-electron chi connectivity index (χ1n) is 6.44. The van der Waals surface area contributed by atoms with Crippen molar-refractivity contribution in [1.82, 2.24) is 4.98 Å². The summed E-state index contributed by atoms with van der Waals surface area (Å²) in [4.78, 5) is 17.9. The summed E-state index contributed by atoms with van der Waals surface area (Å²) in [5, 5.41) is 0. The van der Waals surface area contributed by atoms with Crippen molar-refractivity contribution < 1.29 is 14.3 Å². The monoisotopic (exact) mass is 265 g/mol. The van der Waals surface area contributed by atoms with Gasteiger partial charge in [0.2, 0.25) is 0 Å². The predicted molar refractivity (Wildman–Crippen MR) is 71.2 cm³/mol. The van der Waals surface area contributed by atoms with Crippen LogP contribution < -0.4 is 10.6 Å². The molecule has 0 spiro atoms. The van der Waals surface area contributed by atoms with Gasteiger partial charge in [0.05, 0.1) is 24.9 Å². The molecule has 1 aliphatic rings. The molecule has 1 fully saturated rings. The lowest BCUT2D eigenvalue weighted by molar-refractivity contribution is 0.0462. The van der Waals surface area contributed by atoms with Gasteiger partial charge in [0.15, 0.2) is 0 Å². The zero-order valence-electron chi connectivity index (χ0n) is 11.0. The Morgan fingerprint density at radius 1 is 1.63 bits per heavy atom. The summed E-state index contributed by atoms with van der Waals surface area (Å²) in [6.07, 6.45) is 1.58. The fourth-order valence-corrected chi connectivity index (χ4v) is 1.98. The number of anilines is 1. The van der Waals surface area contributed by atoms with E-state index >= 15 is 0 Å². The van der Waals surface area contributed by atoms with Crippen molar-refractivity contribution in [1.29, 1.82) is 0 Å². The predicted octanol–water partition coefficient (Wildman–Crippen LogP) is 0.422. The number of carbonyl (C=O) groups is 1. The van der Waals surface area contributed by atoms with Gasteiger partial charge in [0.25, 0.3) is 0 Å². The Kier molecular flexibility index (Phi) is 4.70. The first-order valence-corrected chi connectivity index (χ1v) is 6.44. The lowest BCUT2D eigenvalue weighted by Crippen LogP contribution is -2.46. The van der Waals surface area contributed by atoms with Crippen LogP contribution >= 0.6 is 0 Å². The molecule has 0 amide bonds. The van der Waals surface area contributed by atoms with Crippen molar-refractivity contribution in [3.63, 3.8) is 0 Å². The van der Waals surface area contributed by atoms with E-state index in [4.69, 9.17) is 15.2 Å². The number of pyridine rings is 1. The highest BCUT2D eigenvalue weighted by Gasteiger charge is 2.20. The van der Waals surface area contributed by atoms with E-state index in [-0.39, 0.29) is 12.1 Å². The number of hydrogen-bond donors (Lipinski definition) is 1. The number of rotatable bonds is 4. The molecule has 19 heavy (non-hydrogen) atoms. The number of nitrogens with two attached hydrogens (primary N) is 1. The van der Waals surface area contributed by atoms with Crippen molar-refractivity contribution in [3.8, 4) is 0 Å². The number of carbonyl (C=O) groups excluding carboxylic acids is 1. The van der Waals surface area contributed by atoms with Crippen LogP contribution in [-0.2, 0) is 9.47 Å². The van der Waals surface area contributed by atoms with E-state index < -0.39 is 0 Å². The molecule has 1 aromatic heterocycles. The van der Waals surface area contributed by atoms with E-state index in [0.717, 1.165) is 18.9 Å². The second-order valence-electron chi connectivity index (χ2n) is 4.30.